The number of terminal acetylenes is 1. The van der Waals surface area contributed by atoms with Gasteiger partial charge in [0.05, 0.1) is 5.25 Å². The van der Waals surface area contributed by atoms with Crippen molar-refractivity contribution in [1.29, 1.82) is 0 Å². The van der Waals surface area contributed by atoms with E-state index in [4.69, 9.17) is 6.42 Å². The number of carbonyl (C=O) groups excluding carboxylic acids is 1. The van der Waals surface area contributed by atoms with E-state index < -0.39 is 0 Å². The summed E-state index contributed by atoms with van der Waals surface area (Å²) in [7, 11) is 0. The van der Waals surface area contributed by atoms with Gasteiger partial charge in [0.1, 0.15) is 0 Å². The molecule has 0 saturated carbocycles. The Morgan fingerprint density at radius 3 is 2.72 bits per heavy atom. The summed E-state index contributed by atoms with van der Waals surface area (Å²) in [5, 5.41) is 2.59. The van der Waals surface area contributed by atoms with Gasteiger partial charge in [0.2, 0.25) is 5.91 Å². The van der Waals surface area contributed by atoms with Crippen LogP contribution in [0.2, 0.25) is 0 Å². The Bertz CT molecular complexity index is 397. The number of amides is 1. The lowest BCUT2D eigenvalue weighted by atomic mass is 10.1. The van der Waals surface area contributed by atoms with Gasteiger partial charge in [-0.05, 0) is 24.8 Å². The van der Waals surface area contributed by atoms with E-state index in [-0.39, 0.29) is 11.2 Å². The minimum atomic E-state index is -0.292. The van der Waals surface area contributed by atoms with Crippen LogP contribution in [0.15, 0.2) is 30.3 Å². The van der Waals surface area contributed by atoms with Gasteiger partial charge in [-0.25, -0.2) is 0 Å². The van der Waals surface area contributed by atoms with Crippen LogP contribution in [-0.2, 0) is 11.2 Å². The van der Waals surface area contributed by atoms with E-state index >= 15 is 0 Å². The van der Waals surface area contributed by atoms with Crippen molar-refractivity contribution in [1.82, 2.24) is 5.32 Å². The van der Waals surface area contributed by atoms with Gasteiger partial charge in [-0.1, -0.05) is 30.3 Å². The van der Waals surface area contributed by atoms with Crippen LogP contribution in [0.25, 0.3) is 0 Å². The molecular weight excluding hydrogens is 242 g/mol. The maximum absolute atomic E-state index is 11.8. The molecule has 1 amide bonds. The molecule has 0 aliphatic rings. The molecule has 0 saturated heterocycles. The van der Waals surface area contributed by atoms with Gasteiger partial charge >= 0.3 is 0 Å². The summed E-state index contributed by atoms with van der Waals surface area (Å²) < 4.78 is 0. The predicted octanol–water partition coefficient (Wildman–Crippen LogP) is 2.45. The van der Waals surface area contributed by atoms with Gasteiger partial charge in [-0.2, -0.15) is 12.6 Å². The van der Waals surface area contributed by atoms with Crippen molar-refractivity contribution in [2.75, 3.05) is 6.54 Å². The summed E-state index contributed by atoms with van der Waals surface area (Å²) in [6.07, 6.45) is 8.45. The summed E-state index contributed by atoms with van der Waals surface area (Å²) in [6.45, 7) is 0.673. The lowest BCUT2D eigenvalue weighted by Gasteiger charge is -2.11. The number of benzene rings is 1. The van der Waals surface area contributed by atoms with Gasteiger partial charge in [-0.3, -0.25) is 4.79 Å². The molecule has 96 valence electrons. The molecule has 18 heavy (non-hydrogen) atoms. The Morgan fingerprint density at radius 1 is 1.33 bits per heavy atom. The molecular formula is C15H19NOS. The van der Waals surface area contributed by atoms with Gasteiger partial charge in [0.15, 0.2) is 0 Å². The van der Waals surface area contributed by atoms with Gasteiger partial charge in [0, 0.05) is 13.0 Å². The van der Waals surface area contributed by atoms with Gasteiger partial charge in [-0.15, -0.1) is 12.3 Å². The maximum Gasteiger partial charge on any atom is 0.233 e. The number of hydrogen-bond acceptors (Lipinski definition) is 2. The molecule has 0 bridgehead atoms. The Labute approximate surface area is 115 Å². The number of rotatable bonds is 7. The second-order valence-corrected chi connectivity index (χ2v) is 4.78. The lowest BCUT2D eigenvalue weighted by molar-refractivity contribution is -0.120. The molecule has 1 unspecified atom stereocenters. The molecule has 0 aliphatic heterocycles. The third-order valence-electron chi connectivity index (χ3n) is 2.62. The van der Waals surface area contributed by atoms with Crippen molar-refractivity contribution in [3.8, 4) is 12.3 Å². The van der Waals surface area contributed by atoms with E-state index in [9.17, 15) is 4.79 Å². The van der Waals surface area contributed by atoms with Gasteiger partial charge in [0.25, 0.3) is 0 Å². The fraction of sp³-hybridized carbons (Fsp3) is 0.400. The molecule has 1 N–H and O–H groups in total. The molecule has 1 aromatic carbocycles. The van der Waals surface area contributed by atoms with Crippen LogP contribution in [0.3, 0.4) is 0 Å². The second kappa shape index (κ2) is 8.66. The number of hydrogen-bond donors (Lipinski definition) is 2. The largest absolute Gasteiger partial charge is 0.355 e. The van der Waals surface area contributed by atoms with E-state index in [1.165, 1.54) is 0 Å². The Kier molecular flexibility index (Phi) is 7.05. The normalized spacial score (nSPS) is 11.6. The summed E-state index contributed by atoms with van der Waals surface area (Å²) in [6, 6.07) is 9.90. The van der Waals surface area contributed by atoms with E-state index in [0.717, 1.165) is 24.8 Å². The fourth-order valence-corrected chi connectivity index (χ4v) is 1.91. The van der Waals surface area contributed by atoms with Crippen LogP contribution in [-0.4, -0.2) is 17.7 Å². The van der Waals surface area contributed by atoms with Crippen molar-refractivity contribution in [2.45, 2.75) is 30.9 Å². The zero-order valence-electron chi connectivity index (χ0n) is 10.4. The van der Waals surface area contributed by atoms with Crippen molar-refractivity contribution >= 4 is 18.5 Å². The molecule has 0 radical (unpaired) electrons. The van der Waals surface area contributed by atoms with E-state index in [0.29, 0.717) is 13.0 Å². The number of carbonyl (C=O) groups is 1. The third kappa shape index (κ3) is 5.79. The molecule has 2 nitrogen and oxygen atoms in total. The quantitative estimate of drug-likeness (QED) is 0.440. The number of nitrogens with one attached hydrogen (secondary N) is 1. The zero-order valence-corrected chi connectivity index (χ0v) is 11.3. The van der Waals surface area contributed by atoms with Gasteiger partial charge < -0.3 is 5.32 Å². The van der Waals surface area contributed by atoms with Crippen molar-refractivity contribution in [3.05, 3.63) is 35.9 Å². The highest BCUT2D eigenvalue weighted by atomic mass is 32.1. The minimum Gasteiger partial charge on any atom is -0.355 e. The van der Waals surface area contributed by atoms with E-state index in [2.05, 4.69) is 23.9 Å². The monoisotopic (exact) mass is 261 g/mol. The molecule has 3 heteroatoms. The van der Waals surface area contributed by atoms with Crippen molar-refractivity contribution in [3.63, 3.8) is 0 Å². The Morgan fingerprint density at radius 2 is 2.06 bits per heavy atom. The summed E-state index contributed by atoms with van der Waals surface area (Å²) in [5.41, 5.74) is 1.12. The molecule has 0 heterocycles. The highest BCUT2D eigenvalue weighted by Crippen LogP contribution is 2.07. The zero-order chi connectivity index (χ0) is 13.2. The standard InChI is InChI=1S/C15H19NOS/c1-2-3-4-8-11-16-15(17)14(18)12-13-9-6-5-7-10-13/h1,5-7,9-10,14,18H,3-4,8,11-12H2,(H,16,17). The first-order valence-electron chi connectivity index (χ1n) is 6.17. The minimum absolute atomic E-state index is 0.0112. The topological polar surface area (TPSA) is 29.1 Å². The van der Waals surface area contributed by atoms with Crippen LogP contribution in [0.5, 0.6) is 0 Å². The number of unbranched alkanes of at least 4 members (excludes halogenated alkanes) is 2. The van der Waals surface area contributed by atoms with Crippen molar-refractivity contribution in [2.24, 2.45) is 0 Å². The third-order valence-corrected chi connectivity index (χ3v) is 3.04. The predicted molar refractivity (Wildman–Crippen MR) is 78.6 cm³/mol. The molecule has 1 rings (SSSR count). The average molecular weight is 261 g/mol. The summed E-state index contributed by atoms with van der Waals surface area (Å²) in [5.74, 6) is 2.57. The molecule has 1 aromatic rings. The first-order chi connectivity index (χ1) is 8.74. The molecule has 0 aliphatic carbocycles. The fourth-order valence-electron chi connectivity index (χ4n) is 1.61. The van der Waals surface area contributed by atoms with Crippen molar-refractivity contribution < 1.29 is 4.79 Å². The molecule has 1 atom stereocenters. The van der Waals surface area contributed by atoms with Crippen LogP contribution in [0, 0.1) is 12.3 Å². The highest BCUT2D eigenvalue weighted by Gasteiger charge is 2.13. The molecule has 0 fully saturated rings. The average Bonchev–Trinajstić information content (AvgIpc) is 2.39. The Balaban J connectivity index is 2.23. The molecule has 0 aromatic heterocycles. The first kappa shape index (κ1) is 14.7. The number of thiol groups is 1. The van der Waals surface area contributed by atoms with Crippen LogP contribution in [0.1, 0.15) is 24.8 Å². The molecule has 0 spiro atoms. The highest BCUT2D eigenvalue weighted by molar-refractivity contribution is 7.81. The van der Waals surface area contributed by atoms with Crippen LogP contribution >= 0.6 is 12.6 Å². The van der Waals surface area contributed by atoms with E-state index in [1.54, 1.807) is 0 Å². The first-order valence-corrected chi connectivity index (χ1v) is 6.69. The van der Waals surface area contributed by atoms with E-state index in [1.807, 2.05) is 30.3 Å². The lowest BCUT2D eigenvalue weighted by Crippen LogP contribution is -2.33. The smallest absolute Gasteiger partial charge is 0.233 e. The van der Waals surface area contributed by atoms with Crippen LogP contribution < -0.4 is 5.32 Å². The SMILES string of the molecule is C#CCCCCNC(=O)C(S)Cc1ccccc1. The summed E-state index contributed by atoms with van der Waals surface area (Å²) >= 11 is 4.34. The Hall–Kier alpha value is -1.40. The van der Waals surface area contributed by atoms with Crippen LogP contribution in [0.4, 0.5) is 0 Å². The second-order valence-electron chi connectivity index (χ2n) is 4.16. The summed E-state index contributed by atoms with van der Waals surface area (Å²) in [4.78, 5) is 11.8. The maximum atomic E-state index is 11.8.